The van der Waals surface area contributed by atoms with Crippen LogP contribution >= 0.6 is 0 Å². The number of nitrogens with two attached hydrogens (primary N) is 1. The van der Waals surface area contributed by atoms with Crippen LogP contribution in [0.15, 0.2) is 42.5 Å². The van der Waals surface area contributed by atoms with Crippen LogP contribution in [0.4, 0.5) is 5.69 Å². The van der Waals surface area contributed by atoms with E-state index in [0.29, 0.717) is 11.6 Å². The summed E-state index contributed by atoms with van der Waals surface area (Å²) in [5, 5.41) is 0. The van der Waals surface area contributed by atoms with Gasteiger partial charge in [-0.05, 0) is 48.6 Å². The predicted octanol–water partition coefficient (Wildman–Crippen LogP) is 4.88. The van der Waals surface area contributed by atoms with E-state index >= 15 is 0 Å². The number of para-hydroxylation sites is 1. The summed E-state index contributed by atoms with van der Waals surface area (Å²) < 4.78 is 5.88. The first-order valence-electron chi connectivity index (χ1n) is 6.74. The van der Waals surface area contributed by atoms with Crippen molar-refractivity contribution >= 4 is 5.69 Å². The Balaban J connectivity index is 2.20. The molecule has 0 spiro atoms. The molecule has 0 aliphatic heterocycles. The SMILES string of the molecule is CCC(C)c1ccc(Oc2c(C)cccc2N)cc1. The molecule has 0 saturated heterocycles. The molecule has 0 heterocycles. The van der Waals surface area contributed by atoms with E-state index in [1.54, 1.807) is 0 Å². The molecule has 2 rings (SSSR count). The summed E-state index contributed by atoms with van der Waals surface area (Å²) in [7, 11) is 0. The topological polar surface area (TPSA) is 35.2 Å². The zero-order valence-corrected chi connectivity index (χ0v) is 11.8. The van der Waals surface area contributed by atoms with Gasteiger partial charge in [0.15, 0.2) is 5.75 Å². The second-order valence-corrected chi connectivity index (χ2v) is 4.97. The van der Waals surface area contributed by atoms with Gasteiger partial charge in [0.2, 0.25) is 0 Å². The smallest absolute Gasteiger partial charge is 0.153 e. The van der Waals surface area contributed by atoms with Gasteiger partial charge in [-0.1, -0.05) is 38.1 Å². The van der Waals surface area contributed by atoms with Crippen LogP contribution in [-0.4, -0.2) is 0 Å². The molecule has 2 aromatic carbocycles. The van der Waals surface area contributed by atoms with Gasteiger partial charge in [0, 0.05) is 0 Å². The number of nitrogen functional groups attached to an aromatic ring is 1. The minimum atomic E-state index is 0.581. The Bertz CT molecular complexity index is 525. The van der Waals surface area contributed by atoms with Crippen LogP contribution in [0.2, 0.25) is 0 Å². The third-order valence-corrected chi connectivity index (χ3v) is 3.52. The van der Waals surface area contributed by atoms with Crippen molar-refractivity contribution in [2.45, 2.75) is 33.1 Å². The van der Waals surface area contributed by atoms with Crippen LogP contribution in [0.5, 0.6) is 11.5 Å². The number of ether oxygens (including phenoxy) is 1. The van der Waals surface area contributed by atoms with Gasteiger partial charge in [0.25, 0.3) is 0 Å². The zero-order chi connectivity index (χ0) is 13.8. The lowest BCUT2D eigenvalue weighted by molar-refractivity contribution is 0.481. The van der Waals surface area contributed by atoms with Gasteiger partial charge in [0.05, 0.1) is 5.69 Å². The van der Waals surface area contributed by atoms with E-state index in [-0.39, 0.29) is 0 Å². The summed E-state index contributed by atoms with van der Waals surface area (Å²) in [5.41, 5.74) is 9.00. The number of rotatable bonds is 4. The van der Waals surface area contributed by atoms with Gasteiger partial charge < -0.3 is 10.5 Å². The Morgan fingerprint density at radius 2 is 1.79 bits per heavy atom. The number of benzene rings is 2. The summed E-state index contributed by atoms with van der Waals surface area (Å²) in [5.74, 6) is 2.16. The van der Waals surface area contributed by atoms with E-state index in [9.17, 15) is 0 Å². The molecular formula is C17H21NO. The maximum atomic E-state index is 5.94. The third-order valence-electron chi connectivity index (χ3n) is 3.52. The summed E-state index contributed by atoms with van der Waals surface area (Å²) in [6.45, 7) is 6.43. The first-order chi connectivity index (χ1) is 9.11. The lowest BCUT2D eigenvalue weighted by Gasteiger charge is -2.13. The summed E-state index contributed by atoms with van der Waals surface area (Å²) in [6.07, 6.45) is 1.14. The number of anilines is 1. The molecule has 2 nitrogen and oxygen atoms in total. The summed E-state index contributed by atoms with van der Waals surface area (Å²) >= 11 is 0. The summed E-state index contributed by atoms with van der Waals surface area (Å²) in [6, 6.07) is 14.1. The Kier molecular flexibility index (Phi) is 4.10. The largest absolute Gasteiger partial charge is 0.455 e. The van der Waals surface area contributed by atoms with Crippen molar-refractivity contribution in [1.82, 2.24) is 0 Å². The Hall–Kier alpha value is -1.96. The summed E-state index contributed by atoms with van der Waals surface area (Å²) in [4.78, 5) is 0. The Labute approximate surface area is 115 Å². The molecule has 2 heteroatoms. The minimum Gasteiger partial charge on any atom is -0.455 e. The van der Waals surface area contributed by atoms with Crippen LogP contribution in [0.1, 0.15) is 37.3 Å². The highest BCUT2D eigenvalue weighted by atomic mass is 16.5. The Morgan fingerprint density at radius 1 is 1.11 bits per heavy atom. The fraction of sp³-hybridized carbons (Fsp3) is 0.294. The van der Waals surface area contributed by atoms with Gasteiger partial charge >= 0.3 is 0 Å². The van der Waals surface area contributed by atoms with Gasteiger partial charge in [-0.2, -0.15) is 0 Å². The molecule has 100 valence electrons. The van der Waals surface area contributed by atoms with Crippen molar-refractivity contribution in [3.8, 4) is 11.5 Å². The number of hydrogen-bond acceptors (Lipinski definition) is 2. The number of hydrogen-bond donors (Lipinski definition) is 1. The maximum Gasteiger partial charge on any atom is 0.153 e. The van der Waals surface area contributed by atoms with Gasteiger partial charge in [-0.15, -0.1) is 0 Å². The molecule has 0 aliphatic rings. The molecule has 0 aliphatic carbocycles. The highest BCUT2D eigenvalue weighted by Gasteiger charge is 2.07. The maximum absolute atomic E-state index is 5.94. The van der Waals surface area contributed by atoms with Gasteiger partial charge in [-0.3, -0.25) is 0 Å². The van der Waals surface area contributed by atoms with Crippen molar-refractivity contribution in [2.24, 2.45) is 0 Å². The molecule has 0 radical (unpaired) electrons. The fourth-order valence-corrected chi connectivity index (χ4v) is 2.03. The normalized spacial score (nSPS) is 12.2. The van der Waals surface area contributed by atoms with Crippen molar-refractivity contribution in [3.05, 3.63) is 53.6 Å². The molecule has 0 aromatic heterocycles. The zero-order valence-electron chi connectivity index (χ0n) is 11.8. The predicted molar refractivity (Wildman–Crippen MR) is 80.8 cm³/mol. The fourth-order valence-electron chi connectivity index (χ4n) is 2.03. The number of aryl methyl sites for hydroxylation is 1. The molecule has 0 fully saturated rings. The van der Waals surface area contributed by atoms with Gasteiger partial charge in [0.1, 0.15) is 5.75 Å². The average Bonchev–Trinajstić information content (AvgIpc) is 2.43. The van der Waals surface area contributed by atoms with Crippen molar-refractivity contribution < 1.29 is 4.74 Å². The second kappa shape index (κ2) is 5.79. The molecule has 0 saturated carbocycles. The highest BCUT2D eigenvalue weighted by Crippen LogP contribution is 2.31. The first-order valence-corrected chi connectivity index (χ1v) is 6.74. The van der Waals surface area contributed by atoms with E-state index in [4.69, 9.17) is 10.5 Å². The van der Waals surface area contributed by atoms with Crippen LogP contribution < -0.4 is 10.5 Å². The third kappa shape index (κ3) is 3.08. The first kappa shape index (κ1) is 13.5. The van der Waals surface area contributed by atoms with E-state index in [2.05, 4.69) is 26.0 Å². The Morgan fingerprint density at radius 3 is 2.37 bits per heavy atom. The lowest BCUT2D eigenvalue weighted by atomic mass is 9.99. The van der Waals surface area contributed by atoms with Crippen molar-refractivity contribution in [1.29, 1.82) is 0 Å². The van der Waals surface area contributed by atoms with Gasteiger partial charge in [-0.25, -0.2) is 0 Å². The molecule has 2 N–H and O–H groups in total. The van der Waals surface area contributed by atoms with Crippen molar-refractivity contribution in [2.75, 3.05) is 5.73 Å². The van der Waals surface area contributed by atoms with E-state index < -0.39 is 0 Å². The molecular weight excluding hydrogens is 234 g/mol. The average molecular weight is 255 g/mol. The standard InChI is InChI=1S/C17H21NO/c1-4-12(2)14-8-10-15(11-9-14)19-17-13(3)6-5-7-16(17)18/h5-12H,4,18H2,1-3H3. The van der Waals surface area contributed by atoms with E-state index in [1.807, 2.05) is 37.3 Å². The van der Waals surface area contributed by atoms with Crippen LogP contribution in [-0.2, 0) is 0 Å². The highest BCUT2D eigenvalue weighted by molar-refractivity contribution is 5.57. The lowest BCUT2D eigenvalue weighted by Crippen LogP contribution is -1.95. The minimum absolute atomic E-state index is 0.581. The van der Waals surface area contributed by atoms with Crippen LogP contribution in [0.3, 0.4) is 0 Å². The monoisotopic (exact) mass is 255 g/mol. The van der Waals surface area contributed by atoms with Crippen molar-refractivity contribution in [3.63, 3.8) is 0 Å². The second-order valence-electron chi connectivity index (χ2n) is 4.97. The molecule has 1 unspecified atom stereocenters. The molecule has 1 atom stereocenters. The molecule has 19 heavy (non-hydrogen) atoms. The van der Waals surface area contributed by atoms with Crippen LogP contribution in [0.25, 0.3) is 0 Å². The molecule has 0 amide bonds. The quantitative estimate of drug-likeness (QED) is 0.790. The van der Waals surface area contributed by atoms with Crippen LogP contribution in [0, 0.1) is 6.92 Å². The van der Waals surface area contributed by atoms with E-state index in [0.717, 1.165) is 23.5 Å². The molecule has 0 bridgehead atoms. The van der Waals surface area contributed by atoms with E-state index in [1.165, 1.54) is 5.56 Å². The molecule has 2 aromatic rings.